The molecule has 1 aromatic carbocycles. The van der Waals surface area contributed by atoms with Gasteiger partial charge in [0.05, 0.1) is 0 Å². The van der Waals surface area contributed by atoms with Crippen molar-refractivity contribution in [3.05, 3.63) is 35.9 Å². The van der Waals surface area contributed by atoms with E-state index in [2.05, 4.69) is 24.3 Å². The minimum absolute atomic E-state index is 0.297. The highest BCUT2D eigenvalue weighted by Gasteiger charge is 2.47. The van der Waals surface area contributed by atoms with Gasteiger partial charge in [0, 0.05) is 5.92 Å². The van der Waals surface area contributed by atoms with Crippen molar-refractivity contribution < 1.29 is 4.79 Å². The van der Waals surface area contributed by atoms with E-state index in [0.717, 1.165) is 5.92 Å². The lowest BCUT2D eigenvalue weighted by atomic mass is 9.76. The third-order valence-electron chi connectivity index (χ3n) is 4.32. The number of carbonyl (C=O) groups is 1. The number of rotatable bonds is 2. The smallest absolute Gasteiger partial charge is 0.123 e. The fourth-order valence-electron chi connectivity index (χ4n) is 3.70. The normalized spacial score (nSPS) is 38.1. The van der Waals surface area contributed by atoms with Crippen LogP contribution in [0.3, 0.4) is 0 Å². The Hall–Kier alpha value is -1.11. The lowest BCUT2D eigenvalue weighted by Crippen LogP contribution is -2.21. The van der Waals surface area contributed by atoms with Crippen molar-refractivity contribution in [2.24, 2.45) is 17.8 Å². The summed E-state index contributed by atoms with van der Waals surface area (Å²) in [5, 5.41) is 0. The molecule has 15 heavy (non-hydrogen) atoms. The highest BCUT2D eigenvalue weighted by molar-refractivity contribution is 5.58. The fourth-order valence-corrected chi connectivity index (χ4v) is 3.70. The van der Waals surface area contributed by atoms with Crippen LogP contribution in [0.15, 0.2) is 30.3 Å². The van der Waals surface area contributed by atoms with E-state index < -0.39 is 0 Å². The first-order valence-corrected chi connectivity index (χ1v) is 5.90. The minimum atomic E-state index is 0.297. The number of fused-ring (bicyclic) bond motifs is 2. The molecule has 0 unspecified atom stereocenters. The zero-order valence-corrected chi connectivity index (χ0v) is 8.80. The maximum absolute atomic E-state index is 11.2. The molecule has 0 N–H and O–H groups in total. The van der Waals surface area contributed by atoms with Crippen molar-refractivity contribution in [3.63, 3.8) is 0 Å². The Morgan fingerprint density at radius 3 is 2.53 bits per heavy atom. The summed E-state index contributed by atoms with van der Waals surface area (Å²) in [6.45, 7) is 0. The molecule has 0 saturated heterocycles. The highest BCUT2D eigenvalue weighted by Crippen LogP contribution is 2.55. The molecular weight excluding hydrogens is 184 g/mol. The lowest BCUT2D eigenvalue weighted by Gasteiger charge is -2.27. The predicted octanol–water partition coefficient (Wildman–Crippen LogP) is 3.02. The summed E-state index contributed by atoms with van der Waals surface area (Å²) in [7, 11) is 0. The van der Waals surface area contributed by atoms with Gasteiger partial charge < -0.3 is 4.79 Å². The van der Waals surface area contributed by atoms with Gasteiger partial charge in [-0.1, -0.05) is 30.3 Å². The van der Waals surface area contributed by atoms with E-state index in [4.69, 9.17) is 0 Å². The first-order valence-electron chi connectivity index (χ1n) is 5.90. The van der Waals surface area contributed by atoms with Gasteiger partial charge in [-0.2, -0.15) is 0 Å². The molecule has 2 aliphatic rings. The molecule has 1 nitrogen and oxygen atoms in total. The molecule has 0 spiro atoms. The Kier molecular flexibility index (Phi) is 2.12. The molecule has 0 aromatic heterocycles. The van der Waals surface area contributed by atoms with Crippen LogP contribution in [0.5, 0.6) is 0 Å². The van der Waals surface area contributed by atoms with Gasteiger partial charge >= 0.3 is 0 Å². The van der Waals surface area contributed by atoms with Gasteiger partial charge in [0.15, 0.2) is 0 Å². The average Bonchev–Trinajstić information content (AvgIpc) is 2.89. The molecule has 0 heterocycles. The van der Waals surface area contributed by atoms with Gasteiger partial charge in [0.2, 0.25) is 0 Å². The quantitative estimate of drug-likeness (QED) is 0.671. The maximum atomic E-state index is 11.2. The second-order valence-electron chi connectivity index (χ2n) is 4.98. The summed E-state index contributed by atoms with van der Waals surface area (Å²) in [5.41, 5.74) is 1.38. The second-order valence-corrected chi connectivity index (χ2v) is 4.98. The molecule has 2 bridgehead atoms. The largest absolute Gasteiger partial charge is 0.303 e. The van der Waals surface area contributed by atoms with Gasteiger partial charge in [0.1, 0.15) is 6.29 Å². The van der Waals surface area contributed by atoms with E-state index in [0.29, 0.717) is 17.8 Å². The Morgan fingerprint density at radius 2 is 1.80 bits per heavy atom. The monoisotopic (exact) mass is 200 g/mol. The molecule has 0 aliphatic heterocycles. The van der Waals surface area contributed by atoms with Crippen LogP contribution in [0.4, 0.5) is 0 Å². The third-order valence-corrected chi connectivity index (χ3v) is 4.32. The van der Waals surface area contributed by atoms with Crippen molar-refractivity contribution >= 4 is 6.29 Å². The van der Waals surface area contributed by atoms with Crippen molar-refractivity contribution in [1.29, 1.82) is 0 Å². The molecule has 1 heteroatoms. The van der Waals surface area contributed by atoms with Gasteiger partial charge in [-0.15, -0.1) is 0 Å². The summed E-state index contributed by atoms with van der Waals surface area (Å²) >= 11 is 0. The van der Waals surface area contributed by atoms with E-state index in [9.17, 15) is 4.79 Å². The summed E-state index contributed by atoms with van der Waals surface area (Å²) < 4.78 is 0. The predicted molar refractivity (Wildman–Crippen MR) is 59.6 cm³/mol. The first-order chi connectivity index (χ1) is 7.40. The van der Waals surface area contributed by atoms with Crippen LogP contribution in [-0.4, -0.2) is 6.29 Å². The molecule has 0 radical (unpaired) electrons. The average molecular weight is 200 g/mol. The van der Waals surface area contributed by atoms with E-state index in [1.54, 1.807) is 0 Å². The van der Waals surface area contributed by atoms with E-state index >= 15 is 0 Å². The van der Waals surface area contributed by atoms with E-state index in [-0.39, 0.29) is 0 Å². The Labute approximate surface area is 90.5 Å². The van der Waals surface area contributed by atoms with Gasteiger partial charge in [0.25, 0.3) is 0 Å². The van der Waals surface area contributed by atoms with Crippen molar-refractivity contribution in [2.75, 3.05) is 0 Å². The minimum Gasteiger partial charge on any atom is -0.303 e. The standard InChI is InChI=1S/C14H16O/c15-9-13-11-6-7-12(8-11)14(13)10-4-2-1-3-5-10/h1-5,9,11-14H,6-8H2/t11-,12+,13+,14+/m0/s1. The third kappa shape index (κ3) is 1.33. The van der Waals surface area contributed by atoms with Gasteiger partial charge in [-0.05, 0) is 42.6 Å². The highest BCUT2D eigenvalue weighted by atomic mass is 16.1. The fraction of sp³-hybridized carbons (Fsp3) is 0.500. The molecule has 3 rings (SSSR count). The van der Waals surface area contributed by atoms with E-state index in [1.807, 2.05) is 6.07 Å². The summed E-state index contributed by atoms with van der Waals surface area (Å²) in [6.07, 6.45) is 5.09. The van der Waals surface area contributed by atoms with Crippen LogP contribution < -0.4 is 0 Å². The SMILES string of the molecule is O=C[C@@H]1[C@H]2CC[C@H](C2)[C@H]1c1ccccc1. The molecule has 2 saturated carbocycles. The van der Waals surface area contributed by atoms with Crippen LogP contribution >= 0.6 is 0 Å². The van der Waals surface area contributed by atoms with Crippen LogP contribution in [-0.2, 0) is 4.79 Å². The second kappa shape index (κ2) is 3.48. The van der Waals surface area contributed by atoms with Crippen molar-refractivity contribution in [3.8, 4) is 0 Å². The zero-order valence-electron chi connectivity index (χ0n) is 8.80. The summed E-state index contributed by atoms with van der Waals surface area (Å²) in [5.74, 6) is 2.26. The molecule has 4 atom stereocenters. The van der Waals surface area contributed by atoms with Gasteiger partial charge in [-0.3, -0.25) is 0 Å². The summed E-state index contributed by atoms with van der Waals surface area (Å²) in [4.78, 5) is 11.2. The molecule has 78 valence electrons. The Balaban J connectivity index is 1.95. The first kappa shape index (κ1) is 9.14. The molecule has 2 fully saturated rings. The number of hydrogen-bond acceptors (Lipinski definition) is 1. The topological polar surface area (TPSA) is 17.1 Å². The summed E-state index contributed by atoms with van der Waals surface area (Å²) in [6, 6.07) is 10.6. The number of benzene rings is 1. The van der Waals surface area contributed by atoms with Gasteiger partial charge in [-0.25, -0.2) is 0 Å². The van der Waals surface area contributed by atoms with Crippen LogP contribution in [0.25, 0.3) is 0 Å². The van der Waals surface area contributed by atoms with Crippen molar-refractivity contribution in [1.82, 2.24) is 0 Å². The molecular formula is C14H16O. The van der Waals surface area contributed by atoms with Crippen LogP contribution in [0.1, 0.15) is 30.7 Å². The Bertz CT molecular complexity index is 357. The lowest BCUT2D eigenvalue weighted by molar-refractivity contribution is -0.112. The van der Waals surface area contributed by atoms with Crippen LogP contribution in [0, 0.1) is 17.8 Å². The molecule has 2 aliphatic carbocycles. The zero-order chi connectivity index (χ0) is 10.3. The number of carbonyl (C=O) groups excluding carboxylic acids is 1. The Morgan fingerprint density at radius 1 is 1.07 bits per heavy atom. The van der Waals surface area contributed by atoms with Crippen molar-refractivity contribution in [2.45, 2.75) is 25.2 Å². The maximum Gasteiger partial charge on any atom is 0.123 e. The molecule has 1 aromatic rings. The van der Waals surface area contributed by atoms with E-state index in [1.165, 1.54) is 31.1 Å². The molecule has 0 amide bonds. The van der Waals surface area contributed by atoms with Crippen LogP contribution in [0.2, 0.25) is 0 Å². The number of hydrogen-bond donors (Lipinski definition) is 0. The number of aldehydes is 1.